The van der Waals surface area contributed by atoms with Gasteiger partial charge in [0.15, 0.2) is 0 Å². The lowest BCUT2D eigenvalue weighted by Crippen LogP contribution is -2.60. The van der Waals surface area contributed by atoms with E-state index in [2.05, 4.69) is 39.9 Å². The fourth-order valence-electron chi connectivity index (χ4n) is 3.64. The number of rotatable bonds is 3. The zero-order valence-electron chi connectivity index (χ0n) is 12.1. The maximum Gasteiger partial charge on any atom is 0.326 e. The van der Waals surface area contributed by atoms with Crippen molar-refractivity contribution in [3.05, 3.63) is 0 Å². The van der Waals surface area contributed by atoms with E-state index in [0.717, 1.165) is 12.8 Å². The van der Waals surface area contributed by atoms with E-state index >= 15 is 0 Å². The van der Waals surface area contributed by atoms with Crippen LogP contribution in [-0.4, -0.2) is 24.7 Å². The summed E-state index contributed by atoms with van der Waals surface area (Å²) in [5.41, 5.74) is -0.308. The Morgan fingerprint density at radius 1 is 1.35 bits per heavy atom. The third-order valence-corrected chi connectivity index (χ3v) is 3.52. The normalized spacial score (nSPS) is 32.5. The zero-order valence-corrected chi connectivity index (χ0v) is 12.1. The molecule has 1 fully saturated rings. The fourth-order valence-corrected chi connectivity index (χ4v) is 3.64. The predicted octanol–water partition coefficient (Wildman–Crippen LogP) is 2.74. The van der Waals surface area contributed by atoms with Crippen LogP contribution in [0.5, 0.6) is 0 Å². The molecule has 1 rings (SSSR count). The van der Waals surface area contributed by atoms with E-state index in [9.17, 15) is 4.79 Å². The topological polar surface area (TPSA) is 38.3 Å². The molecule has 2 atom stereocenters. The van der Waals surface area contributed by atoms with Crippen LogP contribution in [0.2, 0.25) is 0 Å². The van der Waals surface area contributed by atoms with Gasteiger partial charge in [0.05, 0.1) is 7.11 Å². The molecule has 0 aromatic heterocycles. The van der Waals surface area contributed by atoms with E-state index in [1.54, 1.807) is 0 Å². The van der Waals surface area contributed by atoms with E-state index in [4.69, 9.17) is 4.74 Å². The summed E-state index contributed by atoms with van der Waals surface area (Å²) in [6, 6.07) is 0.287. The second-order valence-electron chi connectivity index (χ2n) is 6.73. The Morgan fingerprint density at radius 3 is 2.35 bits per heavy atom. The first kappa shape index (κ1) is 14.5. The minimum absolute atomic E-state index is 0.106. The first-order chi connectivity index (χ1) is 7.71. The second kappa shape index (κ2) is 4.97. The highest BCUT2D eigenvalue weighted by Gasteiger charge is 2.48. The molecule has 1 aliphatic rings. The Labute approximate surface area is 105 Å². The lowest BCUT2D eigenvalue weighted by molar-refractivity contribution is -0.153. The largest absolute Gasteiger partial charge is 0.468 e. The molecule has 17 heavy (non-hydrogen) atoms. The van der Waals surface area contributed by atoms with Crippen LogP contribution in [0.3, 0.4) is 0 Å². The van der Waals surface area contributed by atoms with Crippen LogP contribution in [-0.2, 0) is 9.53 Å². The molecule has 1 aliphatic carbocycles. The average molecular weight is 241 g/mol. The fraction of sp³-hybridized carbons (Fsp3) is 0.929. The number of nitrogens with one attached hydrogen (secondary N) is 1. The monoisotopic (exact) mass is 241 g/mol. The smallest absolute Gasteiger partial charge is 0.326 e. The summed E-state index contributed by atoms with van der Waals surface area (Å²) in [6.07, 6.45) is 2.90. The van der Waals surface area contributed by atoms with Crippen LogP contribution < -0.4 is 5.32 Å². The number of methoxy groups -OCH3 is 1. The van der Waals surface area contributed by atoms with Crippen LogP contribution in [0.15, 0.2) is 0 Å². The lowest BCUT2D eigenvalue weighted by atomic mass is 9.64. The lowest BCUT2D eigenvalue weighted by Gasteiger charge is -2.47. The first-order valence-corrected chi connectivity index (χ1v) is 6.57. The van der Waals surface area contributed by atoms with Gasteiger partial charge in [-0.2, -0.15) is 0 Å². The van der Waals surface area contributed by atoms with E-state index < -0.39 is 5.54 Å². The minimum atomic E-state index is -0.496. The van der Waals surface area contributed by atoms with Gasteiger partial charge in [-0.25, -0.2) is 0 Å². The van der Waals surface area contributed by atoms with Crippen LogP contribution >= 0.6 is 0 Å². The molecule has 0 amide bonds. The molecule has 2 unspecified atom stereocenters. The van der Waals surface area contributed by atoms with Crippen LogP contribution in [0.25, 0.3) is 0 Å². The molecule has 0 radical (unpaired) electrons. The quantitative estimate of drug-likeness (QED) is 0.772. The van der Waals surface area contributed by atoms with Crippen molar-refractivity contribution >= 4 is 5.97 Å². The summed E-state index contributed by atoms with van der Waals surface area (Å²) in [4.78, 5) is 12.2. The third-order valence-electron chi connectivity index (χ3n) is 3.52. The van der Waals surface area contributed by atoms with Crippen molar-refractivity contribution in [2.75, 3.05) is 7.11 Å². The van der Waals surface area contributed by atoms with Gasteiger partial charge in [0.25, 0.3) is 0 Å². The minimum Gasteiger partial charge on any atom is -0.468 e. The highest BCUT2D eigenvalue weighted by Crippen LogP contribution is 2.44. The van der Waals surface area contributed by atoms with Gasteiger partial charge in [-0.05, 0) is 44.4 Å². The van der Waals surface area contributed by atoms with Crippen molar-refractivity contribution in [1.29, 1.82) is 0 Å². The standard InChI is InChI=1S/C14H27NO2/c1-10(2)15-14(12(16)17-6)8-11(3)7-13(4,5)9-14/h10-11,15H,7-9H2,1-6H3. The molecule has 0 saturated heterocycles. The molecular weight excluding hydrogens is 214 g/mol. The van der Waals surface area contributed by atoms with Crippen molar-refractivity contribution in [2.24, 2.45) is 11.3 Å². The summed E-state index contributed by atoms with van der Waals surface area (Å²) < 4.78 is 5.03. The molecule has 0 heterocycles. The molecule has 0 spiro atoms. The van der Waals surface area contributed by atoms with Gasteiger partial charge in [0.1, 0.15) is 5.54 Å². The highest BCUT2D eigenvalue weighted by molar-refractivity contribution is 5.81. The molecule has 3 nitrogen and oxygen atoms in total. The number of carbonyl (C=O) groups is 1. The summed E-state index contributed by atoms with van der Waals surface area (Å²) >= 11 is 0. The molecule has 100 valence electrons. The maximum absolute atomic E-state index is 12.2. The van der Waals surface area contributed by atoms with Gasteiger partial charge in [-0.3, -0.25) is 10.1 Å². The summed E-state index contributed by atoms with van der Waals surface area (Å²) in [7, 11) is 1.48. The number of hydrogen-bond acceptors (Lipinski definition) is 3. The van der Waals surface area contributed by atoms with Gasteiger partial charge in [0.2, 0.25) is 0 Å². The highest BCUT2D eigenvalue weighted by atomic mass is 16.5. The molecule has 0 aliphatic heterocycles. The Bertz CT molecular complexity index is 282. The van der Waals surface area contributed by atoms with Gasteiger partial charge in [0, 0.05) is 6.04 Å². The van der Waals surface area contributed by atoms with Crippen LogP contribution in [0.1, 0.15) is 53.9 Å². The van der Waals surface area contributed by atoms with E-state index in [1.165, 1.54) is 13.5 Å². The zero-order chi connectivity index (χ0) is 13.3. The Hall–Kier alpha value is -0.570. The van der Waals surface area contributed by atoms with Crippen LogP contribution in [0, 0.1) is 11.3 Å². The summed E-state index contributed by atoms with van der Waals surface area (Å²) in [6.45, 7) is 10.9. The number of carbonyl (C=O) groups excluding carboxylic acids is 1. The van der Waals surface area contributed by atoms with Crippen molar-refractivity contribution in [3.8, 4) is 0 Å². The number of hydrogen-bond donors (Lipinski definition) is 1. The summed E-state index contributed by atoms with van der Waals surface area (Å²) in [5, 5.41) is 3.46. The molecule has 0 aromatic rings. The Kier molecular flexibility index (Phi) is 4.23. The second-order valence-corrected chi connectivity index (χ2v) is 6.73. The molecule has 0 aromatic carbocycles. The first-order valence-electron chi connectivity index (χ1n) is 6.57. The maximum atomic E-state index is 12.2. The Balaban J connectivity index is 3.00. The molecule has 3 heteroatoms. The molecule has 0 bridgehead atoms. The van der Waals surface area contributed by atoms with Crippen molar-refractivity contribution in [3.63, 3.8) is 0 Å². The van der Waals surface area contributed by atoms with Gasteiger partial charge < -0.3 is 4.74 Å². The van der Waals surface area contributed by atoms with E-state index in [0.29, 0.717) is 5.92 Å². The molecular formula is C14H27NO2. The number of esters is 1. The van der Waals surface area contributed by atoms with Crippen molar-refractivity contribution in [2.45, 2.75) is 65.5 Å². The van der Waals surface area contributed by atoms with Gasteiger partial charge in [-0.1, -0.05) is 20.8 Å². The van der Waals surface area contributed by atoms with Crippen molar-refractivity contribution < 1.29 is 9.53 Å². The average Bonchev–Trinajstić information content (AvgIpc) is 2.11. The SMILES string of the molecule is COC(=O)C1(NC(C)C)CC(C)CC(C)(C)C1. The third kappa shape index (κ3) is 3.44. The van der Waals surface area contributed by atoms with Gasteiger partial charge in [-0.15, -0.1) is 0 Å². The predicted molar refractivity (Wildman–Crippen MR) is 69.8 cm³/mol. The van der Waals surface area contributed by atoms with E-state index in [-0.39, 0.29) is 17.4 Å². The summed E-state index contributed by atoms with van der Waals surface area (Å²) in [5.74, 6) is 0.440. The number of ether oxygens (including phenoxy) is 1. The molecule has 1 saturated carbocycles. The van der Waals surface area contributed by atoms with Crippen molar-refractivity contribution in [1.82, 2.24) is 5.32 Å². The Morgan fingerprint density at radius 2 is 1.94 bits per heavy atom. The van der Waals surface area contributed by atoms with E-state index in [1.807, 2.05) is 0 Å². The molecule has 1 N–H and O–H groups in total. The van der Waals surface area contributed by atoms with Crippen LogP contribution in [0.4, 0.5) is 0 Å². The van der Waals surface area contributed by atoms with Gasteiger partial charge >= 0.3 is 5.97 Å².